The van der Waals surface area contributed by atoms with Crippen LogP contribution in [0.25, 0.3) is 11.0 Å². The lowest BCUT2D eigenvalue weighted by atomic mass is 9.93. The summed E-state index contributed by atoms with van der Waals surface area (Å²) in [6.07, 6.45) is -0.729. The number of H-pyrrole nitrogens is 1. The number of rotatable bonds is 3. The molecule has 4 rings (SSSR count). The second-order valence-electron chi connectivity index (χ2n) is 6.61. The molecule has 8 nitrogen and oxygen atoms in total. The minimum Gasteiger partial charge on any atom is -0.390 e. The molecule has 0 saturated heterocycles. The first kappa shape index (κ1) is 17.9. The van der Waals surface area contributed by atoms with Gasteiger partial charge in [0, 0.05) is 10.9 Å². The summed E-state index contributed by atoms with van der Waals surface area (Å²) in [6.45, 7) is 0. The Morgan fingerprint density at radius 1 is 1.30 bits per heavy atom. The summed E-state index contributed by atoms with van der Waals surface area (Å²) < 4.78 is 16.6. The van der Waals surface area contributed by atoms with Crippen LogP contribution in [0.4, 0.5) is 4.39 Å². The van der Waals surface area contributed by atoms with Gasteiger partial charge in [-0.2, -0.15) is 10.2 Å². The van der Waals surface area contributed by atoms with E-state index in [1.807, 2.05) is 0 Å². The number of aliphatic hydroxyl groups is 2. The Morgan fingerprint density at radius 2 is 2.04 bits per heavy atom. The number of halogens is 2. The molecule has 1 saturated carbocycles. The zero-order valence-corrected chi connectivity index (χ0v) is 14.8. The van der Waals surface area contributed by atoms with Crippen LogP contribution in [0.2, 0.25) is 5.02 Å². The lowest BCUT2D eigenvalue weighted by molar-refractivity contribution is -0.0108. The van der Waals surface area contributed by atoms with Crippen LogP contribution in [0, 0.1) is 5.92 Å². The van der Waals surface area contributed by atoms with Gasteiger partial charge < -0.3 is 21.0 Å². The van der Waals surface area contributed by atoms with Crippen molar-refractivity contribution in [2.45, 2.75) is 30.8 Å². The number of alkyl halides is 1. The van der Waals surface area contributed by atoms with Gasteiger partial charge in [-0.25, -0.2) is 14.1 Å². The number of nitrogens with zero attached hydrogens (tertiary/aromatic N) is 4. The lowest BCUT2D eigenvalue weighted by Crippen LogP contribution is -2.31. The molecule has 10 heteroatoms. The van der Waals surface area contributed by atoms with E-state index in [0.29, 0.717) is 27.1 Å². The van der Waals surface area contributed by atoms with Gasteiger partial charge in [-0.1, -0.05) is 23.7 Å². The molecule has 27 heavy (non-hydrogen) atoms. The van der Waals surface area contributed by atoms with Gasteiger partial charge in [0.15, 0.2) is 5.49 Å². The van der Waals surface area contributed by atoms with E-state index in [-0.39, 0.29) is 6.42 Å². The first-order valence-electron chi connectivity index (χ1n) is 8.41. The summed E-state index contributed by atoms with van der Waals surface area (Å²) in [5, 5.41) is 30.0. The van der Waals surface area contributed by atoms with Crippen LogP contribution < -0.4 is 11.3 Å². The van der Waals surface area contributed by atoms with Crippen LogP contribution in [0.3, 0.4) is 0 Å². The first-order chi connectivity index (χ1) is 13.0. The van der Waals surface area contributed by atoms with Crippen molar-refractivity contribution in [3.8, 4) is 0 Å². The minimum absolute atomic E-state index is 0.203. The van der Waals surface area contributed by atoms with Crippen molar-refractivity contribution < 1.29 is 14.6 Å². The number of hydrogen-bond donors (Lipinski definition) is 4. The van der Waals surface area contributed by atoms with Crippen LogP contribution >= 0.6 is 11.6 Å². The number of fused-ring (bicyclic) bond motifs is 1. The van der Waals surface area contributed by atoms with Crippen LogP contribution in [0.1, 0.15) is 24.2 Å². The number of nitrogens with one attached hydrogen (secondary N) is 1. The molecule has 1 fully saturated rings. The third kappa shape index (κ3) is 2.97. The van der Waals surface area contributed by atoms with Crippen molar-refractivity contribution in [1.82, 2.24) is 19.7 Å². The Labute approximate surface area is 158 Å². The van der Waals surface area contributed by atoms with Crippen molar-refractivity contribution in [1.29, 1.82) is 0 Å². The third-order valence-corrected chi connectivity index (χ3v) is 5.37. The molecule has 0 aliphatic heterocycles. The second-order valence-corrected chi connectivity index (χ2v) is 7.04. The summed E-state index contributed by atoms with van der Waals surface area (Å²) >= 11 is 5.85. The normalized spacial score (nSPS) is 27.3. The largest absolute Gasteiger partial charge is 0.390 e. The Morgan fingerprint density at radius 3 is 2.74 bits per heavy atom. The third-order valence-electron chi connectivity index (χ3n) is 5.12. The highest BCUT2D eigenvalue weighted by Gasteiger charge is 2.47. The summed E-state index contributed by atoms with van der Waals surface area (Å²) in [7, 11) is 0. The van der Waals surface area contributed by atoms with Gasteiger partial charge in [0.05, 0.1) is 30.1 Å². The van der Waals surface area contributed by atoms with Gasteiger partial charge in [0.1, 0.15) is 17.9 Å². The van der Waals surface area contributed by atoms with E-state index >= 15 is 4.39 Å². The molecule has 1 aliphatic rings. The van der Waals surface area contributed by atoms with E-state index in [4.69, 9.17) is 17.4 Å². The Kier molecular flexibility index (Phi) is 4.58. The molecule has 0 bridgehead atoms. The van der Waals surface area contributed by atoms with Crippen LogP contribution in [0.5, 0.6) is 0 Å². The first-order valence-corrected chi connectivity index (χ1v) is 8.79. The van der Waals surface area contributed by atoms with E-state index in [1.54, 1.807) is 24.3 Å². The molecule has 1 aliphatic carbocycles. The van der Waals surface area contributed by atoms with E-state index in [9.17, 15) is 10.2 Å². The Hall–Kier alpha value is -2.49. The highest BCUT2D eigenvalue weighted by Crippen LogP contribution is 2.44. The van der Waals surface area contributed by atoms with Gasteiger partial charge in [-0.3, -0.25) is 0 Å². The molecule has 5 N–H and O–H groups in total. The zero-order chi connectivity index (χ0) is 19.1. The average molecular weight is 393 g/mol. The number of aromatic amines is 1. The Balaban J connectivity index is 1.67. The van der Waals surface area contributed by atoms with E-state index in [0.717, 1.165) is 0 Å². The van der Waals surface area contributed by atoms with Gasteiger partial charge >= 0.3 is 0 Å². The fraction of sp³-hybridized carbons (Fsp3) is 0.353. The van der Waals surface area contributed by atoms with E-state index < -0.39 is 30.3 Å². The van der Waals surface area contributed by atoms with Crippen molar-refractivity contribution in [3.05, 3.63) is 52.9 Å². The number of benzene rings is 1. The lowest BCUT2D eigenvalue weighted by Gasteiger charge is -2.20. The highest BCUT2D eigenvalue weighted by atomic mass is 35.5. The Bertz CT molecular complexity index is 1020. The number of aromatic nitrogens is 4. The van der Waals surface area contributed by atoms with Crippen molar-refractivity contribution >= 4 is 22.6 Å². The van der Waals surface area contributed by atoms with E-state index in [1.165, 1.54) is 17.2 Å². The monoisotopic (exact) mass is 392 g/mol. The number of aliphatic hydroxyl groups excluding tert-OH is 2. The number of hydrogen-bond acceptors (Lipinski definition) is 6. The van der Waals surface area contributed by atoms with Crippen molar-refractivity contribution in [2.75, 3.05) is 0 Å². The van der Waals surface area contributed by atoms with Gasteiger partial charge in [-0.05, 0) is 24.1 Å². The van der Waals surface area contributed by atoms with Crippen molar-refractivity contribution in [2.24, 2.45) is 16.9 Å². The van der Waals surface area contributed by atoms with Crippen molar-refractivity contribution in [3.63, 3.8) is 0 Å². The molecule has 2 aromatic heterocycles. The minimum atomic E-state index is -1.45. The molecule has 0 spiro atoms. The quantitative estimate of drug-likeness (QED) is 0.393. The molecule has 142 valence electrons. The molecular weight excluding hydrogens is 375 g/mol. The van der Waals surface area contributed by atoms with Crippen LogP contribution in [-0.2, 0) is 0 Å². The van der Waals surface area contributed by atoms with Gasteiger partial charge in [-0.15, -0.1) is 0 Å². The van der Waals surface area contributed by atoms with Crippen LogP contribution in [-0.4, -0.2) is 42.2 Å². The molecule has 1 aromatic carbocycles. The molecule has 5 atom stereocenters. The molecule has 0 radical (unpaired) electrons. The summed E-state index contributed by atoms with van der Waals surface area (Å²) in [5.74, 6) is 4.54. The topological polar surface area (TPSA) is 125 Å². The SMILES string of the molecule is N/N=c1/nc[nH]c2c1cnn2[C@@H]1C[C@H](C(F)c2ccc(Cl)cc2)[C@@H](O)[C@H]1O. The predicted molar refractivity (Wildman–Crippen MR) is 96.1 cm³/mol. The van der Waals surface area contributed by atoms with E-state index in [2.05, 4.69) is 20.2 Å². The summed E-state index contributed by atoms with van der Waals surface area (Å²) in [5.41, 5.74) is 1.23. The maximum absolute atomic E-state index is 15.1. The summed E-state index contributed by atoms with van der Waals surface area (Å²) in [4.78, 5) is 6.95. The maximum atomic E-state index is 15.1. The molecular formula is C17H18ClFN6O2. The van der Waals surface area contributed by atoms with Gasteiger partial charge in [0.2, 0.25) is 0 Å². The molecule has 0 amide bonds. The van der Waals surface area contributed by atoms with Crippen LogP contribution in [0.15, 0.2) is 41.9 Å². The zero-order valence-electron chi connectivity index (χ0n) is 14.1. The fourth-order valence-corrected chi connectivity index (χ4v) is 3.84. The second kappa shape index (κ2) is 6.91. The molecule has 2 heterocycles. The standard InChI is InChI=1S/C17H18ClFN6O2/c18-9-3-1-8(2-4-9)13(19)10-5-12(15(27)14(10)26)25-17-11(6-23-25)16(24-20)21-7-22-17/h1-4,6-7,10,12-15,26-27H,5,20H2,(H,21,22,24)/t10-,12-,13?,14-,15+/m1/s1. The molecule has 1 unspecified atom stereocenters. The highest BCUT2D eigenvalue weighted by molar-refractivity contribution is 6.30. The smallest absolute Gasteiger partial charge is 0.185 e. The fourth-order valence-electron chi connectivity index (χ4n) is 3.72. The number of nitrogens with two attached hydrogens (primary N) is 1. The maximum Gasteiger partial charge on any atom is 0.185 e. The average Bonchev–Trinajstić information content (AvgIpc) is 3.23. The molecule has 3 aromatic rings. The predicted octanol–water partition coefficient (Wildman–Crippen LogP) is 1.18. The summed E-state index contributed by atoms with van der Waals surface area (Å²) in [6, 6.07) is 5.74. The van der Waals surface area contributed by atoms with Gasteiger partial charge in [0.25, 0.3) is 0 Å².